The van der Waals surface area contributed by atoms with Crippen LogP contribution in [0.4, 0.5) is 0 Å². The van der Waals surface area contributed by atoms with E-state index in [9.17, 15) is 4.79 Å². The molecule has 0 saturated carbocycles. The van der Waals surface area contributed by atoms with Crippen molar-refractivity contribution in [3.05, 3.63) is 34.9 Å². The van der Waals surface area contributed by atoms with Crippen LogP contribution in [0, 0.1) is 6.92 Å². The van der Waals surface area contributed by atoms with E-state index in [0.717, 1.165) is 63.5 Å². The minimum absolute atomic E-state index is 0.0374. The third kappa shape index (κ3) is 4.15. The molecule has 1 amide bonds. The van der Waals surface area contributed by atoms with Gasteiger partial charge in [0.15, 0.2) is 0 Å². The van der Waals surface area contributed by atoms with E-state index < -0.39 is 0 Å². The van der Waals surface area contributed by atoms with Gasteiger partial charge in [-0.15, -0.1) is 0 Å². The van der Waals surface area contributed by atoms with Crippen molar-refractivity contribution < 1.29 is 14.3 Å². The van der Waals surface area contributed by atoms with Crippen LogP contribution >= 0.6 is 0 Å². The maximum atomic E-state index is 12.7. The molecule has 1 unspecified atom stereocenters. The number of aryl methyl sites for hydroxylation is 1. The summed E-state index contributed by atoms with van der Waals surface area (Å²) in [7, 11) is 0. The molecule has 0 radical (unpaired) electrons. The van der Waals surface area contributed by atoms with Crippen molar-refractivity contribution in [2.45, 2.75) is 38.8 Å². The zero-order valence-electron chi connectivity index (χ0n) is 14.7. The molecule has 0 aromatic heterocycles. The fraction of sp³-hybridized carbons (Fsp3) is 0.632. The molecule has 5 heteroatoms. The van der Waals surface area contributed by atoms with Gasteiger partial charge in [0.25, 0.3) is 5.91 Å². The smallest absolute Gasteiger partial charge is 0.251 e. The molecule has 2 aliphatic rings. The summed E-state index contributed by atoms with van der Waals surface area (Å²) in [6.07, 6.45) is 1.79. The van der Waals surface area contributed by atoms with Crippen molar-refractivity contribution in [2.24, 2.45) is 0 Å². The molecule has 2 saturated heterocycles. The molecule has 1 atom stereocenters. The second-order valence-electron chi connectivity index (χ2n) is 6.76. The number of hydrogen-bond acceptors (Lipinski definition) is 4. The Labute approximate surface area is 144 Å². The Bertz CT molecular complexity index is 564. The molecule has 1 aromatic carbocycles. The predicted molar refractivity (Wildman–Crippen MR) is 93.3 cm³/mol. The lowest BCUT2D eigenvalue weighted by molar-refractivity contribution is 0.0198. The molecule has 5 nitrogen and oxygen atoms in total. The van der Waals surface area contributed by atoms with Gasteiger partial charge >= 0.3 is 0 Å². The molecule has 0 bridgehead atoms. The van der Waals surface area contributed by atoms with Crippen LogP contribution in [0.2, 0.25) is 0 Å². The van der Waals surface area contributed by atoms with Gasteiger partial charge in [-0.25, -0.2) is 0 Å². The van der Waals surface area contributed by atoms with Crippen LogP contribution in [0.5, 0.6) is 0 Å². The van der Waals surface area contributed by atoms with Gasteiger partial charge in [0.05, 0.1) is 13.2 Å². The number of hydrogen-bond donors (Lipinski definition) is 1. The molecule has 2 aliphatic heterocycles. The van der Waals surface area contributed by atoms with Crippen LogP contribution < -0.4 is 5.32 Å². The van der Waals surface area contributed by atoms with Gasteiger partial charge in [0.2, 0.25) is 0 Å². The first-order valence-electron chi connectivity index (χ1n) is 8.96. The predicted octanol–water partition coefficient (Wildman–Crippen LogP) is 2.30. The molecule has 0 aliphatic carbocycles. The first-order chi connectivity index (χ1) is 11.6. The van der Waals surface area contributed by atoms with E-state index in [4.69, 9.17) is 9.47 Å². The third-order valence-electron chi connectivity index (χ3n) is 5.14. The van der Waals surface area contributed by atoms with Gasteiger partial charge < -0.3 is 14.8 Å². The van der Waals surface area contributed by atoms with Crippen LogP contribution in [0.15, 0.2) is 18.2 Å². The number of rotatable bonds is 4. The molecule has 1 N–H and O–H groups in total. The second kappa shape index (κ2) is 8.10. The SMILES string of the molecule is Cc1ccc(C(C)N2CCOCC2)cc1C(=O)NC1CCOCC1. The quantitative estimate of drug-likeness (QED) is 0.919. The number of carbonyl (C=O) groups is 1. The number of morpholine rings is 1. The van der Waals surface area contributed by atoms with E-state index in [1.165, 1.54) is 5.56 Å². The van der Waals surface area contributed by atoms with E-state index in [-0.39, 0.29) is 11.9 Å². The topological polar surface area (TPSA) is 50.8 Å². The van der Waals surface area contributed by atoms with Crippen molar-refractivity contribution in [3.8, 4) is 0 Å². The Morgan fingerprint density at radius 2 is 1.83 bits per heavy atom. The maximum absolute atomic E-state index is 12.7. The van der Waals surface area contributed by atoms with E-state index in [0.29, 0.717) is 6.04 Å². The van der Waals surface area contributed by atoms with E-state index in [1.807, 2.05) is 6.92 Å². The fourth-order valence-electron chi connectivity index (χ4n) is 3.42. The fourth-order valence-corrected chi connectivity index (χ4v) is 3.42. The summed E-state index contributed by atoms with van der Waals surface area (Å²) < 4.78 is 10.8. The Kier molecular flexibility index (Phi) is 5.87. The lowest BCUT2D eigenvalue weighted by Crippen LogP contribution is -2.39. The van der Waals surface area contributed by atoms with E-state index in [2.05, 4.69) is 35.3 Å². The van der Waals surface area contributed by atoms with Crippen molar-refractivity contribution >= 4 is 5.91 Å². The van der Waals surface area contributed by atoms with Gasteiger partial charge in [-0.05, 0) is 43.9 Å². The lowest BCUT2D eigenvalue weighted by atomic mass is 9.98. The molecule has 2 fully saturated rings. The third-order valence-corrected chi connectivity index (χ3v) is 5.14. The van der Waals surface area contributed by atoms with Gasteiger partial charge in [-0.2, -0.15) is 0 Å². The van der Waals surface area contributed by atoms with Gasteiger partial charge in [0.1, 0.15) is 0 Å². The summed E-state index contributed by atoms with van der Waals surface area (Å²) in [5.41, 5.74) is 3.01. The van der Waals surface area contributed by atoms with Gasteiger partial charge in [0, 0.05) is 44.0 Å². The number of carbonyl (C=O) groups excluding carboxylic acids is 1. The summed E-state index contributed by atoms with van der Waals surface area (Å²) in [4.78, 5) is 15.1. The maximum Gasteiger partial charge on any atom is 0.251 e. The monoisotopic (exact) mass is 332 g/mol. The number of nitrogens with one attached hydrogen (secondary N) is 1. The summed E-state index contributed by atoms with van der Waals surface area (Å²) in [6, 6.07) is 6.78. The first-order valence-corrected chi connectivity index (χ1v) is 8.96. The van der Waals surface area contributed by atoms with Gasteiger partial charge in [-0.3, -0.25) is 9.69 Å². The minimum atomic E-state index is 0.0374. The Morgan fingerprint density at radius 1 is 1.17 bits per heavy atom. The number of amides is 1. The van der Waals surface area contributed by atoms with Crippen LogP contribution in [-0.2, 0) is 9.47 Å². The van der Waals surface area contributed by atoms with Crippen LogP contribution in [-0.4, -0.2) is 56.4 Å². The largest absolute Gasteiger partial charge is 0.381 e. The standard InChI is InChI=1S/C19H28N2O3/c1-14-3-4-16(15(2)21-7-11-24-12-8-21)13-18(14)19(22)20-17-5-9-23-10-6-17/h3-4,13,15,17H,5-12H2,1-2H3,(H,20,22). The molecule has 1 aromatic rings. The highest BCUT2D eigenvalue weighted by Crippen LogP contribution is 2.24. The summed E-state index contributed by atoms with van der Waals surface area (Å²) >= 11 is 0. The summed E-state index contributed by atoms with van der Waals surface area (Å²) in [6.45, 7) is 9.13. The van der Waals surface area contributed by atoms with Crippen molar-refractivity contribution in [1.29, 1.82) is 0 Å². The molecule has 0 spiro atoms. The van der Waals surface area contributed by atoms with Crippen molar-refractivity contribution in [3.63, 3.8) is 0 Å². The van der Waals surface area contributed by atoms with Crippen LogP contribution in [0.3, 0.4) is 0 Å². The molecule has 24 heavy (non-hydrogen) atoms. The Hall–Kier alpha value is -1.43. The minimum Gasteiger partial charge on any atom is -0.381 e. The number of benzene rings is 1. The average Bonchev–Trinajstić information content (AvgIpc) is 2.63. The van der Waals surface area contributed by atoms with Crippen molar-refractivity contribution in [1.82, 2.24) is 10.2 Å². The highest BCUT2D eigenvalue weighted by molar-refractivity contribution is 5.96. The highest BCUT2D eigenvalue weighted by atomic mass is 16.5. The Balaban J connectivity index is 1.71. The zero-order chi connectivity index (χ0) is 16.9. The van der Waals surface area contributed by atoms with Crippen LogP contribution in [0.1, 0.15) is 47.3 Å². The number of ether oxygens (including phenoxy) is 2. The second-order valence-corrected chi connectivity index (χ2v) is 6.76. The van der Waals surface area contributed by atoms with E-state index >= 15 is 0 Å². The molecular formula is C19H28N2O3. The molecule has 3 rings (SSSR count). The van der Waals surface area contributed by atoms with Crippen LogP contribution in [0.25, 0.3) is 0 Å². The van der Waals surface area contributed by atoms with E-state index in [1.54, 1.807) is 0 Å². The summed E-state index contributed by atoms with van der Waals surface area (Å²) in [5.74, 6) is 0.0374. The average molecular weight is 332 g/mol. The zero-order valence-corrected chi connectivity index (χ0v) is 14.7. The summed E-state index contributed by atoms with van der Waals surface area (Å²) in [5, 5.41) is 3.17. The normalized spacial score (nSPS) is 21.4. The van der Waals surface area contributed by atoms with Gasteiger partial charge in [-0.1, -0.05) is 12.1 Å². The lowest BCUT2D eigenvalue weighted by Gasteiger charge is -2.32. The molecular weight excluding hydrogens is 304 g/mol. The molecule has 132 valence electrons. The highest BCUT2D eigenvalue weighted by Gasteiger charge is 2.22. The molecule has 2 heterocycles. The number of nitrogens with zero attached hydrogens (tertiary/aromatic N) is 1. The Morgan fingerprint density at radius 3 is 2.54 bits per heavy atom. The van der Waals surface area contributed by atoms with Crippen molar-refractivity contribution in [2.75, 3.05) is 39.5 Å². The first kappa shape index (κ1) is 17.4.